The molecule has 0 saturated heterocycles. The Morgan fingerprint density at radius 2 is 2.00 bits per heavy atom. The van der Waals surface area contributed by atoms with E-state index in [-0.39, 0.29) is 0 Å². The third-order valence-electron chi connectivity index (χ3n) is 3.64. The monoisotopic (exact) mass is 366 g/mol. The van der Waals surface area contributed by atoms with E-state index in [4.69, 9.17) is 0 Å². The Morgan fingerprint density at radius 3 is 2.77 bits per heavy atom. The molecule has 0 unspecified atom stereocenters. The molecule has 2 N–H and O–H groups in total. The highest BCUT2D eigenvalue weighted by Gasteiger charge is 2.02. The van der Waals surface area contributed by atoms with Crippen molar-refractivity contribution in [3.05, 3.63) is 72.7 Å². The summed E-state index contributed by atoms with van der Waals surface area (Å²) in [5, 5.41) is 10.9. The molecule has 0 aliphatic carbocycles. The van der Waals surface area contributed by atoms with Crippen LogP contribution < -0.4 is 10.6 Å². The van der Waals surface area contributed by atoms with Crippen molar-refractivity contribution in [3.8, 4) is 5.82 Å². The van der Waals surface area contributed by atoms with Gasteiger partial charge in [0, 0.05) is 49.4 Å². The van der Waals surface area contributed by atoms with Crippen LogP contribution >= 0.6 is 11.8 Å². The van der Waals surface area contributed by atoms with E-state index in [0.29, 0.717) is 6.54 Å². The lowest BCUT2D eigenvalue weighted by Gasteiger charge is -2.12. The molecule has 0 aliphatic heterocycles. The molecule has 134 valence electrons. The Kier molecular flexibility index (Phi) is 6.66. The molecule has 6 nitrogen and oxygen atoms in total. The number of aromatic nitrogens is 3. The molecular formula is C19H22N6S. The van der Waals surface area contributed by atoms with Gasteiger partial charge in [-0.25, -0.2) is 9.67 Å². The van der Waals surface area contributed by atoms with Crippen LogP contribution in [-0.4, -0.2) is 40.1 Å². The topological polar surface area (TPSA) is 67.1 Å². The Bertz CT molecular complexity index is 817. The fourth-order valence-corrected chi connectivity index (χ4v) is 3.15. The highest BCUT2D eigenvalue weighted by atomic mass is 32.2. The Morgan fingerprint density at radius 1 is 1.12 bits per heavy atom. The Hall–Kier alpha value is -2.80. The number of aliphatic imine (C=N–C) groups is 1. The van der Waals surface area contributed by atoms with Gasteiger partial charge in [-0.3, -0.25) is 4.99 Å². The van der Waals surface area contributed by atoms with Crippen molar-refractivity contribution in [2.45, 2.75) is 11.4 Å². The van der Waals surface area contributed by atoms with E-state index in [1.807, 2.05) is 42.2 Å². The zero-order chi connectivity index (χ0) is 18.0. The molecule has 3 aromatic rings. The number of guanidine groups is 1. The maximum Gasteiger partial charge on any atom is 0.191 e. The van der Waals surface area contributed by atoms with Gasteiger partial charge >= 0.3 is 0 Å². The minimum absolute atomic E-state index is 0.669. The van der Waals surface area contributed by atoms with Crippen LogP contribution in [0.25, 0.3) is 5.82 Å². The molecule has 7 heteroatoms. The van der Waals surface area contributed by atoms with Gasteiger partial charge in [0.25, 0.3) is 0 Å². The number of thioether (sulfide) groups is 1. The lowest BCUT2D eigenvalue weighted by molar-refractivity contribution is 0.815. The van der Waals surface area contributed by atoms with E-state index in [0.717, 1.165) is 29.6 Å². The Balaban J connectivity index is 1.45. The smallest absolute Gasteiger partial charge is 0.191 e. The fraction of sp³-hybridized carbons (Fsp3) is 0.211. The second kappa shape index (κ2) is 9.62. The highest BCUT2D eigenvalue weighted by molar-refractivity contribution is 7.99. The molecular weight excluding hydrogens is 344 g/mol. The SMILES string of the molecule is CN=C(NCCSc1ccccc1)NCc1ccnc(-n2cccn2)c1. The summed E-state index contributed by atoms with van der Waals surface area (Å²) in [5.74, 6) is 2.57. The van der Waals surface area contributed by atoms with E-state index in [2.05, 4.69) is 50.0 Å². The predicted molar refractivity (Wildman–Crippen MR) is 107 cm³/mol. The van der Waals surface area contributed by atoms with Gasteiger partial charge < -0.3 is 10.6 Å². The van der Waals surface area contributed by atoms with Crippen LogP contribution in [-0.2, 0) is 6.54 Å². The van der Waals surface area contributed by atoms with Gasteiger partial charge in [-0.2, -0.15) is 5.10 Å². The summed E-state index contributed by atoms with van der Waals surface area (Å²) >= 11 is 1.82. The molecule has 0 atom stereocenters. The van der Waals surface area contributed by atoms with Gasteiger partial charge in [0.05, 0.1) is 0 Å². The van der Waals surface area contributed by atoms with Crippen molar-refractivity contribution < 1.29 is 0 Å². The third-order valence-corrected chi connectivity index (χ3v) is 4.65. The standard InChI is InChI=1S/C19H22N6S/c1-20-19(22-11-13-26-17-6-3-2-4-7-17)23-15-16-8-10-21-18(14-16)25-12-5-9-24-25/h2-10,12,14H,11,13,15H2,1H3,(H2,20,22,23). The summed E-state index contributed by atoms with van der Waals surface area (Å²) in [6.45, 7) is 1.51. The lowest BCUT2D eigenvalue weighted by atomic mass is 10.2. The van der Waals surface area contributed by atoms with Crippen LogP contribution in [0.2, 0.25) is 0 Å². The van der Waals surface area contributed by atoms with Crippen molar-refractivity contribution in [2.75, 3.05) is 19.3 Å². The van der Waals surface area contributed by atoms with Crippen LogP contribution in [0.5, 0.6) is 0 Å². The van der Waals surface area contributed by atoms with Gasteiger partial charge in [0.1, 0.15) is 0 Å². The van der Waals surface area contributed by atoms with Crippen molar-refractivity contribution in [1.82, 2.24) is 25.4 Å². The maximum absolute atomic E-state index is 4.34. The molecule has 2 aromatic heterocycles. The van der Waals surface area contributed by atoms with E-state index in [1.165, 1.54) is 4.90 Å². The summed E-state index contributed by atoms with van der Waals surface area (Å²) in [6.07, 6.45) is 5.41. The number of nitrogens with zero attached hydrogens (tertiary/aromatic N) is 4. The molecule has 26 heavy (non-hydrogen) atoms. The lowest BCUT2D eigenvalue weighted by Crippen LogP contribution is -2.37. The molecule has 0 bridgehead atoms. The van der Waals surface area contributed by atoms with E-state index >= 15 is 0 Å². The number of rotatable bonds is 7. The van der Waals surface area contributed by atoms with Crippen molar-refractivity contribution >= 4 is 17.7 Å². The fourth-order valence-electron chi connectivity index (χ4n) is 2.36. The van der Waals surface area contributed by atoms with Crippen molar-refractivity contribution in [2.24, 2.45) is 4.99 Å². The average molecular weight is 366 g/mol. The summed E-state index contributed by atoms with van der Waals surface area (Å²) in [6, 6.07) is 16.3. The summed E-state index contributed by atoms with van der Waals surface area (Å²) < 4.78 is 1.75. The van der Waals surface area contributed by atoms with Gasteiger partial charge in [-0.1, -0.05) is 18.2 Å². The maximum atomic E-state index is 4.34. The van der Waals surface area contributed by atoms with Gasteiger partial charge in [-0.05, 0) is 35.9 Å². The largest absolute Gasteiger partial charge is 0.356 e. The summed E-state index contributed by atoms with van der Waals surface area (Å²) in [7, 11) is 1.78. The van der Waals surface area contributed by atoms with Gasteiger partial charge in [-0.15, -0.1) is 11.8 Å². The zero-order valence-corrected chi connectivity index (χ0v) is 15.5. The second-order valence-corrected chi connectivity index (χ2v) is 6.66. The van der Waals surface area contributed by atoms with Crippen LogP contribution in [0.3, 0.4) is 0 Å². The zero-order valence-electron chi connectivity index (χ0n) is 14.7. The molecule has 2 heterocycles. The minimum Gasteiger partial charge on any atom is -0.356 e. The second-order valence-electron chi connectivity index (χ2n) is 5.49. The number of benzene rings is 1. The normalized spacial score (nSPS) is 11.3. The van der Waals surface area contributed by atoms with E-state index in [9.17, 15) is 0 Å². The van der Waals surface area contributed by atoms with Crippen molar-refractivity contribution in [3.63, 3.8) is 0 Å². The number of hydrogen-bond acceptors (Lipinski definition) is 4. The Labute approximate surface area is 157 Å². The molecule has 0 aliphatic rings. The van der Waals surface area contributed by atoms with Crippen LogP contribution in [0.4, 0.5) is 0 Å². The van der Waals surface area contributed by atoms with Crippen LogP contribution in [0, 0.1) is 0 Å². The van der Waals surface area contributed by atoms with Crippen molar-refractivity contribution in [1.29, 1.82) is 0 Å². The summed E-state index contributed by atoms with van der Waals surface area (Å²) in [4.78, 5) is 9.89. The van der Waals surface area contributed by atoms with E-state index < -0.39 is 0 Å². The third kappa shape index (κ3) is 5.35. The molecule has 0 fully saturated rings. The number of pyridine rings is 1. The molecule has 0 radical (unpaired) electrons. The number of hydrogen-bond donors (Lipinski definition) is 2. The quantitative estimate of drug-likeness (QED) is 0.291. The molecule has 0 spiro atoms. The number of nitrogens with one attached hydrogen (secondary N) is 2. The first-order valence-electron chi connectivity index (χ1n) is 8.42. The summed E-state index contributed by atoms with van der Waals surface area (Å²) in [5.41, 5.74) is 1.12. The molecule has 1 aromatic carbocycles. The highest BCUT2D eigenvalue weighted by Crippen LogP contribution is 2.15. The van der Waals surface area contributed by atoms with Gasteiger partial charge in [0.15, 0.2) is 11.8 Å². The minimum atomic E-state index is 0.669. The van der Waals surface area contributed by atoms with Crippen LogP contribution in [0.1, 0.15) is 5.56 Å². The van der Waals surface area contributed by atoms with E-state index in [1.54, 1.807) is 24.1 Å². The predicted octanol–water partition coefficient (Wildman–Crippen LogP) is 2.72. The average Bonchev–Trinajstić information content (AvgIpc) is 3.23. The molecule has 0 saturated carbocycles. The molecule has 3 rings (SSSR count). The van der Waals surface area contributed by atoms with Crippen LogP contribution in [0.15, 0.2) is 77.0 Å². The molecule has 0 amide bonds. The van der Waals surface area contributed by atoms with Gasteiger partial charge in [0.2, 0.25) is 0 Å². The first-order chi connectivity index (χ1) is 12.8. The first-order valence-corrected chi connectivity index (χ1v) is 9.41. The first kappa shape index (κ1) is 18.0.